The van der Waals surface area contributed by atoms with Crippen LogP contribution >= 0.6 is 0 Å². The molecule has 0 saturated heterocycles. The molecule has 0 radical (unpaired) electrons. The number of amidine groups is 1. The minimum Gasteiger partial charge on any atom is -0.386 e. The molecule has 2 aromatic carbocycles. The van der Waals surface area contributed by atoms with Crippen molar-refractivity contribution in [1.82, 2.24) is 4.72 Å². The Morgan fingerprint density at radius 1 is 1.19 bits per heavy atom. The van der Waals surface area contributed by atoms with Crippen molar-refractivity contribution < 1.29 is 8.42 Å². The summed E-state index contributed by atoms with van der Waals surface area (Å²) in [7, 11) is -3.71. The van der Waals surface area contributed by atoms with E-state index in [0.717, 1.165) is 18.2 Å². The number of rotatable bonds is 5. The van der Waals surface area contributed by atoms with Gasteiger partial charge in [0, 0.05) is 5.39 Å². The molecule has 4 N–H and O–H groups in total. The SMILES string of the molecule is N=C(N)C(NS(=O)(=O)c1cccc2ccccc12)C1CC1. The van der Waals surface area contributed by atoms with Gasteiger partial charge in [0.05, 0.1) is 10.9 Å². The van der Waals surface area contributed by atoms with E-state index in [0.29, 0.717) is 5.39 Å². The monoisotopic (exact) mass is 303 g/mol. The lowest BCUT2D eigenvalue weighted by atomic mass is 10.1. The van der Waals surface area contributed by atoms with Crippen LogP contribution in [0.3, 0.4) is 0 Å². The Kier molecular flexibility index (Phi) is 3.43. The molecule has 1 aliphatic rings. The van der Waals surface area contributed by atoms with Crippen molar-refractivity contribution >= 4 is 26.6 Å². The molecule has 2 aromatic rings. The predicted octanol–water partition coefficient (Wildman–Crippen LogP) is 1.83. The summed E-state index contributed by atoms with van der Waals surface area (Å²) >= 11 is 0. The standard InChI is InChI=1S/C15H17N3O2S/c16-15(17)14(11-8-9-11)18-21(19,20)13-7-3-5-10-4-1-2-6-12(10)13/h1-7,11,14,18H,8-9H2,(H3,16,17). The van der Waals surface area contributed by atoms with Crippen LogP contribution in [0.4, 0.5) is 0 Å². The number of nitrogens with two attached hydrogens (primary N) is 1. The van der Waals surface area contributed by atoms with Crippen molar-refractivity contribution in [2.45, 2.75) is 23.8 Å². The fraction of sp³-hybridized carbons (Fsp3) is 0.267. The molecule has 1 unspecified atom stereocenters. The summed E-state index contributed by atoms with van der Waals surface area (Å²) in [6.07, 6.45) is 1.81. The first-order valence-corrected chi connectivity index (χ1v) is 8.31. The summed E-state index contributed by atoms with van der Waals surface area (Å²) in [4.78, 5) is 0.229. The molecule has 1 atom stereocenters. The molecule has 0 heterocycles. The first-order valence-electron chi connectivity index (χ1n) is 6.83. The van der Waals surface area contributed by atoms with Crippen LogP contribution in [0.1, 0.15) is 12.8 Å². The largest absolute Gasteiger partial charge is 0.386 e. The summed E-state index contributed by atoms with van der Waals surface area (Å²) in [5.74, 6) is 0.0218. The van der Waals surface area contributed by atoms with E-state index in [1.54, 1.807) is 18.2 Å². The lowest BCUT2D eigenvalue weighted by Crippen LogP contribution is -2.45. The van der Waals surface area contributed by atoms with Crippen LogP contribution in [0.2, 0.25) is 0 Å². The number of fused-ring (bicyclic) bond motifs is 1. The van der Waals surface area contributed by atoms with Crippen LogP contribution < -0.4 is 10.5 Å². The van der Waals surface area contributed by atoms with Gasteiger partial charge in [-0.2, -0.15) is 0 Å². The Labute approximate surface area is 123 Å². The van der Waals surface area contributed by atoms with Crippen molar-refractivity contribution in [3.63, 3.8) is 0 Å². The van der Waals surface area contributed by atoms with Crippen LogP contribution in [0.15, 0.2) is 47.4 Å². The zero-order valence-corrected chi connectivity index (χ0v) is 12.2. The highest BCUT2D eigenvalue weighted by Crippen LogP contribution is 2.33. The van der Waals surface area contributed by atoms with Crippen LogP contribution in [0.5, 0.6) is 0 Å². The molecule has 0 amide bonds. The van der Waals surface area contributed by atoms with Gasteiger partial charge in [0.15, 0.2) is 0 Å². The second-order valence-electron chi connectivity index (χ2n) is 5.37. The maximum absolute atomic E-state index is 12.6. The molecule has 0 spiro atoms. The number of hydrogen-bond acceptors (Lipinski definition) is 3. The molecule has 21 heavy (non-hydrogen) atoms. The van der Waals surface area contributed by atoms with Crippen LogP contribution in [0, 0.1) is 11.3 Å². The summed E-state index contributed by atoms with van der Waals surface area (Å²) in [5.41, 5.74) is 5.53. The fourth-order valence-corrected chi connectivity index (χ4v) is 4.02. The third-order valence-electron chi connectivity index (χ3n) is 3.75. The smallest absolute Gasteiger partial charge is 0.241 e. The van der Waals surface area contributed by atoms with Crippen LogP contribution in [0.25, 0.3) is 10.8 Å². The van der Waals surface area contributed by atoms with Crippen LogP contribution in [-0.4, -0.2) is 20.3 Å². The first kappa shape index (κ1) is 14.0. The van der Waals surface area contributed by atoms with Gasteiger partial charge >= 0.3 is 0 Å². The Balaban J connectivity index is 2.02. The highest BCUT2D eigenvalue weighted by molar-refractivity contribution is 7.89. The Hall–Kier alpha value is -1.92. The van der Waals surface area contributed by atoms with E-state index in [4.69, 9.17) is 11.1 Å². The molecule has 0 aromatic heterocycles. The average molecular weight is 303 g/mol. The zero-order valence-electron chi connectivity index (χ0n) is 11.4. The van der Waals surface area contributed by atoms with Crippen molar-refractivity contribution in [3.05, 3.63) is 42.5 Å². The van der Waals surface area contributed by atoms with Gasteiger partial charge in [-0.3, -0.25) is 5.41 Å². The maximum atomic E-state index is 12.6. The van der Waals surface area contributed by atoms with Gasteiger partial charge in [0.25, 0.3) is 0 Å². The second-order valence-corrected chi connectivity index (χ2v) is 7.05. The van der Waals surface area contributed by atoms with E-state index in [9.17, 15) is 8.42 Å². The summed E-state index contributed by atoms with van der Waals surface area (Å²) in [5, 5.41) is 9.12. The normalized spacial score (nSPS) is 16.8. The first-order chi connectivity index (χ1) is 9.99. The Bertz CT molecular complexity index is 792. The third kappa shape index (κ3) is 2.77. The second kappa shape index (κ2) is 5.13. The van der Waals surface area contributed by atoms with Crippen molar-refractivity contribution in [2.75, 3.05) is 0 Å². The topological polar surface area (TPSA) is 96.0 Å². The molecule has 3 rings (SSSR count). The number of sulfonamides is 1. The van der Waals surface area contributed by atoms with E-state index in [2.05, 4.69) is 4.72 Å². The van der Waals surface area contributed by atoms with Gasteiger partial charge in [0.1, 0.15) is 5.84 Å². The van der Waals surface area contributed by atoms with Gasteiger partial charge in [-0.1, -0.05) is 36.4 Å². The highest BCUT2D eigenvalue weighted by Gasteiger charge is 2.36. The lowest BCUT2D eigenvalue weighted by molar-refractivity contribution is 0.564. The zero-order chi connectivity index (χ0) is 15.0. The van der Waals surface area contributed by atoms with Gasteiger partial charge < -0.3 is 5.73 Å². The highest BCUT2D eigenvalue weighted by atomic mass is 32.2. The van der Waals surface area contributed by atoms with E-state index in [-0.39, 0.29) is 16.6 Å². The van der Waals surface area contributed by atoms with E-state index in [1.807, 2.05) is 24.3 Å². The van der Waals surface area contributed by atoms with Crippen LogP contribution in [-0.2, 0) is 10.0 Å². The Morgan fingerprint density at radius 3 is 2.52 bits per heavy atom. The van der Waals surface area contributed by atoms with Gasteiger partial charge in [-0.15, -0.1) is 0 Å². The van der Waals surface area contributed by atoms with Crippen molar-refractivity contribution in [1.29, 1.82) is 5.41 Å². The third-order valence-corrected chi connectivity index (χ3v) is 5.25. The quantitative estimate of drug-likeness (QED) is 0.581. The molecule has 0 bridgehead atoms. The summed E-state index contributed by atoms with van der Waals surface area (Å²) in [6, 6.07) is 11.9. The molecule has 6 heteroatoms. The molecular formula is C15H17N3O2S. The predicted molar refractivity (Wildman–Crippen MR) is 82.7 cm³/mol. The summed E-state index contributed by atoms with van der Waals surface area (Å²) < 4.78 is 27.8. The molecule has 110 valence electrons. The Morgan fingerprint density at radius 2 is 1.86 bits per heavy atom. The molecule has 1 aliphatic carbocycles. The average Bonchev–Trinajstić information content (AvgIpc) is 3.28. The molecular weight excluding hydrogens is 286 g/mol. The molecule has 1 saturated carbocycles. The molecule has 0 aliphatic heterocycles. The van der Waals surface area contributed by atoms with E-state index in [1.165, 1.54) is 0 Å². The van der Waals surface area contributed by atoms with E-state index < -0.39 is 16.1 Å². The summed E-state index contributed by atoms with van der Waals surface area (Å²) in [6.45, 7) is 0. The van der Waals surface area contributed by atoms with Gasteiger partial charge in [-0.05, 0) is 30.2 Å². The van der Waals surface area contributed by atoms with E-state index >= 15 is 0 Å². The number of nitrogens with one attached hydrogen (secondary N) is 2. The minimum absolute atomic E-state index is 0.124. The maximum Gasteiger partial charge on any atom is 0.241 e. The van der Waals surface area contributed by atoms with Crippen molar-refractivity contribution in [3.8, 4) is 0 Å². The minimum atomic E-state index is -3.71. The number of hydrogen-bond donors (Lipinski definition) is 3. The molecule has 5 nitrogen and oxygen atoms in total. The van der Waals surface area contributed by atoms with Crippen molar-refractivity contribution in [2.24, 2.45) is 11.7 Å². The fourth-order valence-electron chi connectivity index (χ4n) is 2.50. The van der Waals surface area contributed by atoms with Gasteiger partial charge in [-0.25, -0.2) is 13.1 Å². The molecule has 1 fully saturated rings. The van der Waals surface area contributed by atoms with Gasteiger partial charge in [0.2, 0.25) is 10.0 Å². The lowest BCUT2D eigenvalue weighted by Gasteiger charge is -2.17. The number of benzene rings is 2.